The van der Waals surface area contributed by atoms with Crippen LogP contribution in [0.5, 0.6) is 0 Å². The van der Waals surface area contributed by atoms with Crippen molar-refractivity contribution in [3.8, 4) is 12.3 Å². The second-order valence-electron chi connectivity index (χ2n) is 2.68. The van der Waals surface area contributed by atoms with Crippen LogP contribution in [0.3, 0.4) is 0 Å². The summed E-state index contributed by atoms with van der Waals surface area (Å²) >= 11 is 0. The smallest absolute Gasteiger partial charge is 0.383 e. The second-order valence-corrected chi connectivity index (χ2v) is 2.68. The summed E-state index contributed by atoms with van der Waals surface area (Å²) in [7, 11) is 0. The Morgan fingerprint density at radius 3 is 2.25 bits per heavy atom. The fourth-order valence-corrected chi connectivity index (χ4v) is 0.777. The molecule has 0 aliphatic rings. The first-order chi connectivity index (χ1) is 7.23. The Labute approximate surface area is 87.8 Å². The Kier molecular flexibility index (Phi) is 4.75. The van der Waals surface area contributed by atoms with E-state index in [9.17, 15) is 27.2 Å². The first kappa shape index (κ1) is 14.2. The number of aliphatic carboxylic acids is 1. The standard InChI is InChI=1S/C8H7F4NO3/c1-2-3-13(4-5(14)15)7(16)8(11,12)6(9)10/h1,6H,3-4H2,(H,14,15). The molecule has 0 radical (unpaired) electrons. The van der Waals surface area contributed by atoms with Crippen LogP contribution in [0, 0.1) is 12.3 Å². The van der Waals surface area contributed by atoms with E-state index < -0.39 is 37.3 Å². The Bertz CT molecular complexity index is 324. The molecule has 0 heterocycles. The van der Waals surface area contributed by atoms with Gasteiger partial charge in [0.25, 0.3) is 0 Å². The molecule has 0 unspecified atom stereocenters. The molecule has 0 aromatic heterocycles. The maximum absolute atomic E-state index is 12.6. The highest BCUT2D eigenvalue weighted by Gasteiger charge is 2.51. The molecule has 0 spiro atoms. The van der Waals surface area contributed by atoms with Gasteiger partial charge in [0.1, 0.15) is 6.54 Å². The van der Waals surface area contributed by atoms with Crippen LogP contribution in [-0.4, -0.2) is 47.3 Å². The summed E-state index contributed by atoms with van der Waals surface area (Å²) in [5, 5.41) is 8.27. The fourth-order valence-electron chi connectivity index (χ4n) is 0.777. The van der Waals surface area contributed by atoms with Gasteiger partial charge in [-0.25, -0.2) is 8.78 Å². The zero-order valence-electron chi connectivity index (χ0n) is 7.79. The van der Waals surface area contributed by atoms with Crippen molar-refractivity contribution in [2.45, 2.75) is 12.3 Å². The van der Waals surface area contributed by atoms with Crippen molar-refractivity contribution in [3.05, 3.63) is 0 Å². The first-order valence-electron chi connectivity index (χ1n) is 3.84. The van der Waals surface area contributed by atoms with Crippen LogP contribution in [0.2, 0.25) is 0 Å². The van der Waals surface area contributed by atoms with Gasteiger partial charge in [0, 0.05) is 0 Å². The van der Waals surface area contributed by atoms with Crippen molar-refractivity contribution in [1.29, 1.82) is 0 Å². The van der Waals surface area contributed by atoms with Crippen LogP contribution in [0.1, 0.15) is 0 Å². The van der Waals surface area contributed by atoms with Crippen molar-refractivity contribution in [2.24, 2.45) is 0 Å². The molecule has 1 N–H and O–H groups in total. The van der Waals surface area contributed by atoms with Gasteiger partial charge >= 0.3 is 24.2 Å². The summed E-state index contributed by atoms with van der Waals surface area (Å²) in [5.74, 6) is -7.14. The normalized spacial score (nSPS) is 11.0. The minimum atomic E-state index is -4.94. The number of carboxylic acid groups (broad SMARTS) is 1. The Morgan fingerprint density at radius 2 is 1.94 bits per heavy atom. The van der Waals surface area contributed by atoms with Gasteiger partial charge in [-0.15, -0.1) is 6.42 Å². The average molecular weight is 241 g/mol. The molecule has 4 nitrogen and oxygen atoms in total. The van der Waals surface area contributed by atoms with Crippen molar-refractivity contribution < 1.29 is 32.3 Å². The molecule has 16 heavy (non-hydrogen) atoms. The molecule has 8 heteroatoms. The molecular formula is C8H7F4NO3. The van der Waals surface area contributed by atoms with Crippen LogP contribution >= 0.6 is 0 Å². The van der Waals surface area contributed by atoms with Gasteiger partial charge in [-0.1, -0.05) is 5.92 Å². The molecule has 0 saturated heterocycles. The van der Waals surface area contributed by atoms with E-state index in [1.807, 2.05) is 0 Å². The van der Waals surface area contributed by atoms with E-state index in [1.165, 1.54) is 0 Å². The zero-order valence-corrected chi connectivity index (χ0v) is 7.79. The number of terminal acetylenes is 1. The number of hydrogen-bond acceptors (Lipinski definition) is 2. The van der Waals surface area contributed by atoms with E-state index in [2.05, 4.69) is 0 Å². The number of halogens is 4. The molecular weight excluding hydrogens is 234 g/mol. The molecule has 0 bridgehead atoms. The summed E-state index contributed by atoms with van der Waals surface area (Å²) in [5.41, 5.74) is 0. The van der Waals surface area contributed by atoms with Gasteiger partial charge in [0.05, 0.1) is 6.54 Å². The molecule has 0 fully saturated rings. The summed E-state index contributed by atoms with van der Waals surface area (Å²) in [6.07, 6.45) is 0.479. The van der Waals surface area contributed by atoms with Crippen molar-refractivity contribution in [3.63, 3.8) is 0 Å². The molecule has 0 aromatic rings. The third-order valence-corrected chi connectivity index (χ3v) is 1.45. The van der Waals surface area contributed by atoms with Gasteiger partial charge in [0.15, 0.2) is 0 Å². The largest absolute Gasteiger partial charge is 0.480 e. The van der Waals surface area contributed by atoms with Crippen LogP contribution in [0.25, 0.3) is 0 Å². The quantitative estimate of drug-likeness (QED) is 0.561. The molecule has 0 saturated carbocycles. The molecule has 0 aliphatic carbocycles. The lowest BCUT2D eigenvalue weighted by Gasteiger charge is -2.23. The van der Waals surface area contributed by atoms with Crippen LogP contribution in [0.4, 0.5) is 17.6 Å². The summed E-state index contributed by atoms with van der Waals surface area (Å²) in [6.45, 7) is -1.95. The minimum absolute atomic E-state index is 0.0332. The number of alkyl halides is 4. The first-order valence-corrected chi connectivity index (χ1v) is 3.84. The Balaban J connectivity index is 4.88. The van der Waals surface area contributed by atoms with Crippen LogP contribution < -0.4 is 0 Å². The van der Waals surface area contributed by atoms with E-state index >= 15 is 0 Å². The maximum Gasteiger partial charge on any atom is 0.383 e. The number of amides is 1. The highest BCUT2D eigenvalue weighted by atomic mass is 19.3. The molecule has 0 aliphatic heterocycles. The van der Waals surface area contributed by atoms with Crippen LogP contribution in [0.15, 0.2) is 0 Å². The molecule has 0 rings (SSSR count). The monoisotopic (exact) mass is 241 g/mol. The third kappa shape index (κ3) is 3.42. The number of nitrogens with zero attached hydrogens (tertiary/aromatic N) is 1. The molecule has 0 aromatic carbocycles. The number of hydrogen-bond donors (Lipinski definition) is 1. The number of carbonyl (C=O) groups is 2. The predicted octanol–water partition coefficient (Wildman–Crippen LogP) is 0.433. The van der Waals surface area contributed by atoms with Crippen molar-refractivity contribution in [1.82, 2.24) is 4.90 Å². The third-order valence-electron chi connectivity index (χ3n) is 1.45. The predicted molar refractivity (Wildman–Crippen MR) is 44.0 cm³/mol. The summed E-state index contributed by atoms with van der Waals surface area (Å²) in [6, 6.07) is 0. The highest BCUT2D eigenvalue weighted by molar-refractivity contribution is 5.87. The summed E-state index contributed by atoms with van der Waals surface area (Å²) < 4.78 is 48.7. The van der Waals surface area contributed by atoms with E-state index in [1.54, 1.807) is 5.92 Å². The van der Waals surface area contributed by atoms with Crippen molar-refractivity contribution >= 4 is 11.9 Å². The number of rotatable bonds is 5. The Morgan fingerprint density at radius 1 is 1.44 bits per heavy atom. The lowest BCUT2D eigenvalue weighted by molar-refractivity contribution is -0.181. The lowest BCUT2D eigenvalue weighted by atomic mass is 10.3. The number of carbonyl (C=O) groups excluding carboxylic acids is 1. The zero-order chi connectivity index (χ0) is 12.9. The molecule has 0 atom stereocenters. The summed E-state index contributed by atoms with van der Waals surface area (Å²) in [4.78, 5) is 21.0. The average Bonchev–Trinajstić information content (AvgIpc) is 2.15. The topological polar surface area (TPSA) is 57.6 Å². The highest BCUT2D eigenvalue weighted by Crippen LogP contribution is 2.25. The number of carboxylic acids is 1. The van der Waals surface area contributed by atoms with Gasteiger partial charge in [-0.05, 0) is 0 Å². The Hall–Kier alpha value is -1.78. The van der Waals surface area contributed by atoms with Crippen molar-refractivity contribution in [2.75, 3.05) is 13.1 Å². The minimum Gasteiger partial charge on any atom is -0.480 e. The SMILES string of the molecule is C#CCN(CC(=O)O)C(=O)C(F)(F)C(F)F. The van der Waals surface area contributed by atoms with Gasteiger partial charge < -0.3 is 10.0 Å². The second kappa shape index (κ2) is 5.34. The van der Waals surface area contributed by atoms with Crippen LogP contribution in [-0.2, 0) is 9.59 Å². The van der Waals surface area contributed by atoms with E-state index in [0.717, 1.165) is 0 Å². The lowest BCUT2D eigenvalue weighted by Crippen LogP contribution is -2.49. The van der Waals surface area contributed by atoms with Gasteiger partial charge in [-0.2, -0.15) is 8.78 Å². The van der Waals surface area contributed by atoms with E-state index in [0.29, 0.717) is 0 Å². The maximum atomic E-state index is 12.6. The van der Waals surface area contributed by atoms with Gasteiger partial charge in [0.2, 0.25) is 0 Å². The fraction of sp³-hybridized carbons (Fsp3) is 0.500. The molecule has 1 amide bonds. The van der Waals surface area contributed by atoms with E-state index in [-0.39, 0.29) is 4.90 Å². The van der Waals surface area contributed by atoms with E-state index in [4.69, 9.17) is 11.5 Å². The van der Waals surface area contributed by atoms with Gasteiger partial charge in [-0.3, -0.25) is 9.59 Å². The molecule has 90 valence electrons.